The van der Waals surface area contributed by atoms with Crippen LogP contribution in [0.4, 0.5) is 22.7 Å². The highest BCUT2D eigenvalue weighted by Gasteiger charge is 2.22. The minimum Gasteiger partial charge on any atom is -0.478 e. The van der Waals surface area contributed by atoms with Crippen molar-refractivity contribution < 1.29 is 88.5 Å². The van der Waals surface area contributed by atoms with Gasteiger partial charge in [0, 0.05) is 142 Å². The van der Waals surface area contributed by atoms with Crippen LogP contribution in [0.3, 0.4) is 0 Å². The number of rotatable bonds is 7. The molecule has 18 rings (SSSR count). The molecule has 614 valence electrons. The van der Waals surface area contributed by atoms with Crippen LogP contribution in [0.15, 0.2) is 334 Å². The molecular formula is C94H87N14O14S+9. The standard InChI is InChI=1S/C11H11N2O2.C11H9N2.C11H9NO2.C11H10NO.3C10H9N2O2.C10H9NO3S.C10H10N/c1-8-5-6-10-9(11(8)13(14)15)4-3-7-12(10)2;1-13-8-9(7-12)6-10-4-2-3-5-11(10)13;1-12-7-6-9(11(13)14)8-4-2-3-5-10(8)12;1-12-7-6-9(8-13)10-4-2-3-5-11(10)12;1-11-7-3-4-8-9(11)5-2-6-10(8)12(13)14;1-11-6-2-3-8-7-9(12(13)14)4-5-10(8)11;1-11-6-5-9-8(7-11)3-2-4-10(9)12(13)14;1-11-6-5-9-8(7-11)3-2-4-10(9)15(12,13)14;1-11-7-6-9-4-2-3-5-10(9)8-11/h3-7H,1-2H3;2-6,8H,1H3;2-7H,1H3;2-8H,1H3;3*2-7H,1H3;2-7H,1H3;2-8H,1H3/q2*+1;;4*+1;;+1/p+2. The van der Waals surface area contributed by atoms with Crippen LogP contribution < -0.4 is 41.1 Å². The SMILES string of the molecule is C[n+]1cc(C#N)cc2ccccc21.C[n+]1ccc(C(=O)O)c2ccccc21.C[n+]1ccc(C=O)c2ccccc21.C[n+]1ccc2c(S(=O)(=O)O)cccc2c1.C[n+]1ccc2c([N+](=O)[O-])cccc2c1.C[n+]1ccc2ccccc2c1.C[n+]1cccc2c([N+](=O)[O-])cccc21.C[n+]1cccc2cc([N+](=O)[O-])ccc21.Cc1ccc2c(ccc[n+]2C)c1[N+](=O)[O-]. The van der Waals surface area contributed by atoms with Gasteiger partial charge in [-0.3, -0.25) is 49.8 Å². The van der Waals surface area contributed by atoms with E-state index in [0.29, 0.717) is 38.2 Å². The average Bonchev–Trinajstić information content (AvgIpc) is 0.797. The summed E-state index contributed by atoms with van der Waals surface area (Å²) in [4.78, 5) is 63.1. The number of aldehydes is 1. The van der Waals surface area contributed by atoms with Crippen molar-refractivity contribution in [2.45, 2.75) is 11.8 Å². The number of carbonyl (C=O) groups excluding carboxylic acids is 1. The summed E-state index contributed by atoms with van der Waals surface area (Å²) in [5.74, 6) is -0.887. The third-order valence-corrected chi connectivity index (χ3v) is 20.6. The Labute approximate surface area is 705 Å². The number of para-hydroxylation sites is 3. The van der Waals surface area contributed by atoms with E-state index in [-0.39, 0.29) is 47.3 Å². The number of hydrogen-bond donors (Lipinski definition) is 2. The number of nitrogens with zero attached hydrogens (tertiary/aromatic N) is 14. The Morgan fingerprint density at radius 1 is 0.374 bits per heavy atom. The molecule has 0 saturated carbocycles. The average molecular weight is 1670 g/mol. The Balaban J connectivity index is 0.000000145. The molecule has 0 amide bonds. The molecule has 9 heterocycles. The van der Waals surface area contributed by atoms with Gasteiger partial charge in [0.15, 0.2) is 80.6 Å². The third-order valence-electron chi connectivity index (χ3n) is 19.6. The lowest BCUT2D eigenvalue weighted by Gasteiger charge is -2.01. The van der Waals surface area contributed by atoms with Crippen molar-refractivity contribution in [3.8, 4) is 6.07 Å². The summed E-state index contributed by atoms with van der Waals surface area (Å²) >= 11 is 0. The van der Waals surface area contributed by atoms with Crippen molar-refractivity contribution in [3.63, 3.8) is 0 Å². The lowest BCUT2D eigenvalue weighted by Crippen LogP contribution is -2.28. The smallest absolute Gasteiger partial charge is 0.336 e. The number of non-ortho nitro benzene ring substituents is 3. The number of nitriles is 1. The van der Waals surface area contributed by atoms with Crippen LogP contribution in [0.5, 0.6) is 0 Å². The zero-order valence-corrected chi connectivity index (χ0v) is 69.5. The maximum Gasteiger partial charge on any atom is 0.336 e. The van der Waals surface area contributed by atoms with Gasteiger partial charge in [-0.05, 0) is 91.2 Å². The lowest BCUT2D eigenvalue weighted by molar-refractivity contribution is -0.670. The molecule has 123 heavy (non-hydrogen) atoms. The van der Waals surface area contributed by atoms with Gasteiger partial charge in [-0.15, -0.1) is 0 Å². The van der Waals surface area contributed by atoms with E-state index < -0.39 is 16.1 Å². The fourth-order valence-corrected chi connectivity index (χ4v) is 14.2. The van der Waals surface area contributed by atoms with Crippen LogP contribution >= 0.6 is 0 Å². The molecule has 0 spiro atoms. The molecule has 0 saturated heterocycles. The second-order valence-electron chi connectivity index (χ2n) is 28.2. The van der Waals surface area contributed by atoms with Crippen molar-refractivity contribution in [2.24, 2.45) is 63.4 Å². The van der Waals surface area contributed by atoms with E-state index in [2.05, 4.69) is 53.4 Å². The van der Waals surface area contributed by atoms with Crippen molar-refractivity contribution in [3.05, 3.63) is 392 Å². The van der Waals surface area contributed by atoms with Crippen LogP contribution in [-0.2, 0) is 73.5 Å². The molecule has 28 nitrogen and oxygen atoms in total. The number of hydrogen-bond acceptors (Lipinski definition) is 13. The summed E-state index contributed by atoms with van der Waals surface area (Å²) in [6, 6.07) is 79.1. The summed E-state index contributed by atoms with van der Waals surface area (Å²) in [7, 11) is 13.1. The fourth-order valence-electron chi connectivity index (χ4n) is 13.5. The van der Waals surface area contributed by atoms with Gasteiger partial charge >= 0.3 is 5.97 Å². The molecule has 0 atom stereocenters. The van der Waals surface area contributed by atoms with Gasteiger partial charge in [0.2, 0.25) is 33.1 Å². The molecule has 9 aromatic heterocycles. The van der Waals surface area contributed by atoms with Crippen molar-refractivity contribution in [2.75, 3.05) is 0 Å². The first-order valence-corrected chi connectivity index (χ1v) is 39.3. The highest BCUT2D eigenvalue weighted by atomic mass is 32.2. The van der Waals surface area contributed by atoms with Crippen molar-refractivity contribution >= 4 is 143 Å². The Bertz CT molecular complexity index is 7210. The van der Waals surface area contributed by atoms with Gasteiger partial charge in [-0.25, -0.2) is 41.3 Å². The first kappa shape index (κ1) is 89.2. The minimum absolute atomic E-state index is 0.0550. The predicted molar refractivity (Wildman–Crippen MR) is 464 cm³/mol. The summed E-state index contributed by atoms with van der Waals surface area (Å²) < 4.78 is 48.5. The van der Waals surface area contributed by atoms with E-state index in [1.54, 1.807) is 111 Å². The van der Waals surface area contributed by atoms with Crippen LogP contribution in [0.1, 0.15) is 31.8 Å². The second kappa shape index (κ2) is 40.8. The molecule has 0 aliphatic rings. The summed E-state index contributed by atoms with van der Waals surface area (Å²) in [6.45, 7) is 1.75. The van der Waals surface area contributed by atoms with Gasteiger partial charge in [-0.2, -0.15) is 18.2 Å². The molecule has 0 radical (unpaired) electrons. The number of carboxylic acid groups (broad SMARTS) is 1. The first-order valence-electron chi connectivity index (χ1n) is 37.9. The van der Waals surface area contributed by atoms with E-state index in [9.17, 15) is 58.5 Å². The Kier molecular flexibility index (Phi) is 29.6. The number of nitro groups is 4. The van der Waals surface area contributed by atoms with Gasteiger partial charge < -0.3 is 5.11 Å². The molecular weight excluding hydrogens is 1580 g/mol. The third kappa shape index (κ3) is 22.6. The second-order valence-corrected chi connectivity index (χ2v) is 29.6. The monoisotopic (exact) mass is 1670 g/mol. The molecule has 29 heteroatoms. The van der Waals surface area contributed by atoms with Gasteiger partial charge in [0.1, 0.15) is 90.7 Å². The number of aromatic carboxylic acids is 1. The molecule has 0 unspecified atom stereocenters. The van der Waals surface area contributed by atoms with E-state index >= 15 is 0 Å². The van der Waals surface area contributed by atoms with Gasteiger partial charge in [0.05, 0.1) is 52.2 Å². The molecule has 2 N–H and O–H groups in total. The quantitative estimate of drug-likeness (QED) is 0.0492. The highest BCUT2D eigenvalue weighted by molar-refractivity contribution is 7.86. The Morgan fingerprint density at radius 2 is 0.797 bits per heavy atom. The molecule has 0 aliphatic carbocycles. The van der Waals surface area contributed by atoms with Gasteiger partial charge in [-0.1, -0.05) is 66.7 Å². The molecule has 18 aromatic rings. The highest BCUT2D eigenvalue weighted by Crippen LogP contribution is 2.29. The summed E-state index contributed by atoms with van der Waals surface area (Å²) in [5.41, 5.74) is 8.97. The number of carbonyl (C=O) groups is 2. The largest absolute Gasteiger partial charge is 0.478 e. The van der Waals surface area contributed by atoms with Crippen LogP contribution in [-0.4, -0.2) is 50.0 Å². The number of fused-ring (bicyclic) bond motifs is 9. The zero-order chi connectivity index (χ0) is 88.8. The van der Waals surface area contributed by atoms with Crippen molar-refractivity contribution in [1.29, 1.82) is 5.26 Å². The maximum atomic E-state index is 11.1. The first-order chi connectivity index (χ1) is 58.8. The van der Waals surface area contributed by atoms with Crippen LogP contribution in [0, 0.1) is 58.7 Å². The number of aryl methyl sites for hydroxylation is 10. The van der Waals surface area contributed by atoms with E-state index in [1.807, 2.05) is 258 Å². The summed E-state index contributed by atoms with van der Waals surface area (Å²) in [6.07, 6.45) is 23.4. The topological polar surface area (TPSA) is 340 Å². The molecule has 0 bridgehead atoms. The number of carboxylic acids is 1. The number of pyridine rings is 9. The Hall–Kier alpha value is -16.2. The number of aromatic nitrogens is 9. The minimum atomic E-state index is -4.15. The van der Waals surface area contributed by atoms with Crippen LogP contribution in [0.25, 0.3) is 97.7 Å². The van der Waals surface area contributed by atoms with E-state index in [0.717, 1.165) is 77.3 Å². The van der Waals surface area contributed by atoms with E-state index in [4.69, 9.17) is 14.9 Å². The normalized spacial score (nSPS) is 10.5. The lowest BCUT2D eigenvalue weighted by atomic mass is 10.1. The zero-order valence-electron chi connectivity index (χ0n) is 68.7. The van der Waals surface area contributed by atoms with Crippen LogP contribution in [0.2, 0.25) is 0 Å². The summed E-state index contributed by atoms with van der Waals surface area (Å²) in [5, 5.41) is 71.2. The van der Waals surface area contributed by atoms with Gasteiger partial charge in [0.25, 0.3) is 32.9 Å². The maximum absolute atomic E-state index is 11.1. The Morgan fingerprint density at radius 3 is 1.39 bits per heavy atom. The predicted octanol–water partition coefficient (Wildman–Crippen LogP) is 13.5. The molecule has 9 aromatic carbocycles. The van der Waals surface area contributed by atoms with E-state index in [1.165, 1.54) is 35.0 Å². The van der Waals surface area contributed by atoms with Crippen molar-refractivity contribution in [1.82, 2.24) is 0 Å². The number of nitro benzene ring substituents is 4. The molecule has 0 aliphatic heterocycles. The number of benzene rings is 9. The molecule has 0 fully saturated rings. The fraction of sp³-hybridized carbons (Fsp3) is 0.106.